The van der Waals surface area contributed by atoms with Gasteiger partial charge in [0.25, 0.3) is 0 Å². The summed E-state index contributed by atoms with van der Waals surface area (Å²) in [5.74, 6) is -0.256. The molecule has 2 aromatic rings. The van der Waals surface area contributed by atoms with Crippen molar-refractivity contribution in [3.8, 4) is 0 Å². The topological polar surface area (TPSA) is 28.7 Å². The van der Waals surface area contributed by atoms with Crippen LogP contribution in [-0.4, -0.2) is 9.97 Å². The molecule has 0 spiro atoms. The summed E-state index contributed by atoms with van der Waals surface area (Å²) in [5, 5.41) is 0. The van der Waals surface area contributed by atoms with Crippen LogP contribution in [0.3, 0.4) is 0 Å². The second-order valence-electron chi connectivity index (χ2n) is 4.51. The number of aromatic nitrogens is 2. The summed E-state index contributed by atoms with van der Waals surface area (Å²) in [7, 11) is 0. The van der Waals surface area contributed by atoms with Crippen LogP contribution in [0.15, 0.2) is 18.5 Å². The quantitative estimate of drug-likeness (QED) is 0.683. The molecule has 0 saturated carbocycles. The summed E-state index contributed by atoms with van der Waals surface area (Å²) in [6, 6.07) is 3.51. The van der Waals surface area contributed by atoms with Crippen molar-refractivity contribution in [3.05, 3.63) is 29.8 Å². The zero-order valence-corrected chi connectivity index (χ0v) is 8.56. The molecule has 0 radical (unpaired) electrons. The van der Waals surface area contributed by atoms with Crippen molar-refractivity contribution in [3.63, 3.8) is 0 Å². The Bertz CT molecular complexity index is 466. The number of aromatic amines is 1. The Labute approximate surface area is 82.2 Å². The SMILES string of the molecule is CC(C)(C)c1cc(F)c2nc[nH]c2c1. The van der Waals surface area contributed by atoms with Gasteiger partial charge in [-0.1, -0.05) is 20.8 Å². The van der Waals surface area contributed by atoms with E-state index < -0.39 is 0 Å². The first-order valence-electron chi connectivity index (χ1n) is 4.61. The summed E-state index contributed by atoms with van der Waals surface area (Å²) in [5.41, 5.74) is 2.11. The van der Waals surface area contributed by atoms with Gasteiger partial charge >= 0.3 is 0 Å². The number of hydrogen-bond acceptors (Lipinski definition) is 1. The highest BCUT2D eigenvalue weighted by Crippen LogP contribution is 2.26. The third-order valence-electron chi connectivity index (χ3n) is 2.34. The molecule has 0 bridgehead atoms. The molecule has 0 fully saturated rings. The van der Waals surface area contributed by atoms with E-state index in [1.54, 1.807) is 6.07 Å². The van der Waals surface area contributed by atoms with Gasteiger partial charge in [0.1, 0.15) is 5.52 Å². The first-order valence-corrected chi connectivity index (χ1v) is 4.61. The third kappa shape index (κ3) is 1.39. The van der Waals surface area contributed by atoms with Crippen LogP contribution in [0, 0.1) is 5.82 Å². The van der Waals surface area contributed by atoms with Crippen molar-refractivity contribution in [1.82, 2.24) is 9.97 Å². The fourth-order valence-electron chi connectivity index (χ4n) is 1.44. The predicted molar refractivity (Wildman–Crippen MR) is 54.8 cm³/mol. The fraction of sp³-hybridized carbons (Fsp3) is 0.364. The van der Waals surface area contributed by atoms with Crippen LogP contribution in [0.1, 0.15) is 26.3 Å². The average Bonchev–Trinajstić information content (AvgIpc) is 2.50. The van der Waals surface area contributed by atoms with Gasteiger partial charge in [0, 0.05) is 0 Å². The van der Waals surface area contributed by atoms with Crippen LogP contribution >= 0.6 is 0 Å². The van der Waals surface area contributed by atoms with E-state index in [9.17, 15) is 4.39 Å². The predicted octanol–water partition coefficient (Wildman–Crippen LogP) is 3.00. The fourth-order valence-corrected chi connectivity index (χ4v) is 1.44. The summed E-state index contributed by atoms with van der Waals surface area (Å²) in [4.78, 5) is 6.83. The highest BCUT2D eigenvalue weighted by Gasteiger charge is 2.16. The molecule has 0 saturated heterocycles. The second kappa shape index (κ2) is 2.80. The van der Waals surface area contributed by atoms with Gasteiger partial charge in [0.05, 0.1) is 11.8 Å². The van der Waals surface area contributed by atoms with E-state index in [1.165, 1.54) is 6.33 Å². The minimum absolute atomic E-state index is 0.0415. The number of hydrogen-bond donors (Lipinski definition) is 1. The van der Waals surface area contributed by atoms with Crippen LogP contribution < -0.4 is 0 Å². The van der Waals surface area contributed by atoms with Crippen LogP contribution in [0.4, 0.5) is 4.39 Å². The highest BCUT2D eigenvalue weighted by molar-refractivity contribution is 5.76. The van der Waals surface area contributed by atoms with E-state index >= 15 is 0 Å². The van der Waals surface area contributed by atoms with Gasteiger partial charge in [-0.3, -0.25) is 0 Å². The van der Waals surface area contributed by atoms with E-state index in [0.29, 0.717) is 5.52 Å². The molecule has 1 aromatic heterocycles. The van der Waals surface area contributed by atoms with E-state index in [1.807, 2.05) is 6.07 Å². The van der Waals surface area contributed by atoms with Crippen LogP contribution in [0.5, 0.6) is 0 Å². The Balaban J connectivity index is 2.70. The second-order valence-corrected chi connectivity index (χ2v) is 4.51. The maximum absolute atomic E-state index is 13.5. The van der Waals surface area contributed by atoms with Gasteiger partial charge in [-0.15, -0.1) is 0 Å². The largest absolute Gasteiger partial charge is 0.344 e. The number of rotatable bonds is 0. The molecule has 2 rings (SSSR count). The lowest BCUT2D eigenvalue weighted by Gasteiger charge is -2.18. The molecule has 1 aromatic carbocycles. The Kier molecular flexibility index (Phi) is 1.84. The van der Waals surface area contributed by atoms with E-state index in [0.717, 1.165) is 11.1 Å². The molecular formula is C11H13FN2. The maximum Gasteiger partial charge on any atom is 0.151 e. The Morgan fingerprint density at radius 3 is 2.64 bits per heavy atom. The van der Waals surface area contributed by atoms with Gasteiger partial charge in [0.15, 0.2) is 5.82 Å². The molecule has 0 aliphatic carbocycles. The number of H-pyrrole nitrogens is 1. The number of nitrogens with one attached hydrogen (secondary N) is 1. The van der Waals surface area contributed by atoms with Crippen LogP contribution in [0.25, 0.3) is 11.0 Å². The van der Waals surface area contributed by atoms with Crippen molar-refractivity contribution >= 4 is 11.0 Å². The molecule has 3 heteroatoms. The van der Waals surface area contributed by atoms with Crippen molar-refractivity contribution in [2.75, 3.05) is 0 Å². The molecule has 0 unspecified atom stereocenters. The number of fused-ring (bicyclic) bond motifs is 1. The molecule has 0 aliphatic rings. The van der Waals surface area contributed by atoms with Gasteiger partial charge < -0.3 is 4.98 Å². The van der Waals surface area contributed by atoms with Gasteiger partial charge in [-0.2, -0.15) is 0 Å². The molecule has 1 heterocycles. The number of nitrogens with zero attached hydrogens (tertiary/aromatic N) is 1. The number of imidazole rings is 1. The van der Waals surface area contributed by atoms with Crippen molar-refractivity contribution < 1.29 is 4.39 Å². The average molecular weight is 192 g/mol. The van der Waals surface area contributed by atoms with E-state index in [4.69, 9.17) is 0 Å². The summed E-state index contributed by atoms with van der Waals surface area (Å²) >= 11 is 0. The number of benzene rings is 1. The summed E-state index contributed by atoms with van der Waals surface area (Å²) < 4.78 is 13.5. The molecule has 0 aliphatic heterocycles. The lowest BCUT2D eigenvalue weighted by atomic mass is 9.87. The van der Waals surface area contributed by atoms with Crippen LogP contribution in [0.2, 0.25) is 0 Å². The first-order chi connectivity index (χ1) is 6.48. The van der Waals surface area contributed by atoms with Crippen molar-refractivity contribution in [2.45, 2.75) is 26.2 Å². The van der Waals surface area contributed by atoms with Crippen LogP contribution in [-0.2, 0) is 5.41 Å². The molecule has 1 N–H and O–H groups in total. The van der Waals surface area contributed by atoms with Gasteiger partial charge in [0.2, 0.25) is 0 Å². The van der Waals surface area contributed by atoms with Crippen molar-refractivity contribution in [2.24, 2.45) is 0 Å². The lowest BCUT2D eigenvalue weighted by molar-refractivity contribution is 0.576. The third-order valence-corrected chi connectivity index (χ3v) is 2.34. The lowest BCUT2D eigenvalue weighted by Crippen LogP contribution is -2.11. The molecule has 2 nitrogen and oxygen atoms in total. The van der Waals surface area contributed by atoms with Gasteiger partial charge in [-0.05, 0) is 23.1 Å². The normalized spacial score (nSPS) is 12.3. The Morgan fingerprint density at radius 2 is 2.00 bits per heavy atom. The molecule has 0 atom stereocenters. The Hall–Kier alpha value is -1.38. The molecule has 0 amide bonds. The minimum Gasteiger partial charge on any atom is -0.344 e. The summed E-state index contributed by atoms with van der Waals surface area (Å²) in [6.45, 7) is 6.18. The van der Waals surface area contributed by atoms with Gasteiger partial charge in [-0.25, -0.2) is 9.37 Å². The molecule has 74 valence electrons. The van der Waals surface area contributed by atoms with Crippen molar-refractivity contribution in [1.29, 1.82) is 0 Å². The minimum atomic E-state index is -0.256. The molecular weight excluding hydrogens is 179 g/mol. The van der Waals surface area contributed by atoms with E-state index in [2.05, 4.69) is 30.7 Å². The molecule has 14 heavy (non-hydrogen) atoms. The standard InChI is InChI=1S/C11H13FN2/c1-11(2,3)7-4-8(12)10-9(5-7)13-6-14-10/h4-6H,1-3H3,(H,13,14). The monoisotopic (exact) mass is 192 g/mol. The Morgan fingerprint density at radius 1 is 1.29 bits per heavy atom. The highest BCUT2D eigenvalue weighted by atomic mass is 19.1. The zero-order chi connectivity index (χ0) is 10.3. The summed E-state index contributed by atoms with van der Waals surface area (Å²) in [6.07, 6.45) is 1.51. The smallest absolute Gasteiger partial charge is 0.151 e. The number of halogens is 1. The zero-order valence-electron chi connectivity index (χ0n) is 8.56. The van der Waals surface area contributed by atoms with E-state index in [-0.39, 0.29) is 11.2 Å². The first kappa shape index (κ1) is 9.19. The maximum atomic E-state index is 13.5.